The maximum absolute atomic E-state index is 6.48. The molecule has 0 amide bonds. The molecule has 3 aliphatic rings. The fraction of sp³-hybridized carbons (Fsp3) is 0.292. The smallest absolute Gasteiger partial charge is 0.165 e. The van der Waals surface area contributed by atoms with E-state index in [0.29, 0.717) is 0 Å². The van der Waals surface area contributed by atoms with Crippen molar-refractivity contribution in [1.29, 1.82) is 0 Å². The molecule has 5 rings (SSSR count). The lowest BCUT2D eigenvalue weighted by Gasteiger charge is -2.40. The van der Waals surface area contributed by atoms with E-state index in [1.807, 2.05) is 12.4 Å². The van der Waals surface area contributed by atoms with Gasteiger partial charge < -0.3 is 14.8 Å². The van der Waals surface area contributed by atoms with E-state index in [1.165, 1.54) is 11.1 Å². The quantitative estimate of drug-likeness (QED) is 0.798. The van der Waals surface area contributed by atoms with Crippen molar-refractivity contribution < 1.29 is 9.47 Å². The van der Waals surface area contributed by atoms with Crippen LogP contribution in [0.4, 0.5) is 0 Å². The lowest BCUT2D eigenvalue weighted by Crippen LogP contribution is -2.42. The number of H-pyrrole nitrogens is 1. The van der Waals surface area contributed by atoms with Gasteiger partial charge >= 0.3 is 0 Å². The molecule has 0 saturated carbocycles. The molecular formula is C24H25N3O2. The van der Waals surface area contributed by atoms with E-state index in [1.54, 1.807) is 12.5 Å². The second kappa shape index (κ2) is 7.76. The number of aromatic nitrogens is 2. The summed E-state index contributed by atoms with van der Waals surface area (Å²) in [6.07, 6.45) is 17.6. The third-order valence-corrected chi connectivity index (χ3v) is 6.10. The molecule has 2 aromatic rings. The second-order valence-corrected chi connectivity index (χ2v) is 7.76. The van der Waals surface area contributed by atoms with E-state index in [2.05, 4.69) is 58.0 Å². The summed E-state index contributed by atoms with van der Waals surface area (Å²) in [5, 5.41) is 10.4. The number of nitrogens with zero attached hydrogens (tertiary/aromatic N) is 1. The maximum atomic E-state index is 6.48. The predicted octanol–water partition coefficient (Wildman–Crippen LogP) is 4.70. The lowest BCUT2D eigenvalue weighted by molar-refractivity contribution is 0.157. The van der Waals surface area contributed by atoms with Gasteiger partial charge in [0.2, 0.25) is 0 Å². The molecule has 5 nitrogen and oxygen atoms in total. The molecule has 1 saturated heterocycles. The van der Waals surface area contributed by atoms with Crippen molar-refractivity contribution >= 4 is 0 Å². The van der Waals surface area contributed by atoms with E-state index in [0.717, 1.165) is 61.4 Å². The molecule has 5 heteroatoms. The van der Waals surface area contributed by atoms with Crippen LogP contribution >= 0.6 is 0 Å². The number of hydrogen-bond donors (Lipinski definition) is 2. The number of allylic oxidation sites excluding steroid dienone is 5. The fourth-order valence-corrected chi connectivity index (χ4v) is 4.41. The number of nitrogens with one attached hydrogen (secondary N) is 2. The van der Waals surface area contributed by atoms with Gasteiger partial charge in [-0.3, -0.25) is 5.10 Å². The summed E-state index contributed by atoms with van der Waals surface area (Å²) in [5.74, 6) is 1.74. The van der Waals surface area contributed by atoms with E-state index < -0.39 is 0 Å². The SMILES string of the molecule is C1=CCCC(C2=COC=C(C3(c4ccc(-c5cn[nH]c5)cc4)CCNCC3)O2)=C1. The number of piperidine rings is 1. The molecule has 1 aromatic heterocycles. The fourth-order valence-electron chi connectivity index (χ4n) is 4.41. The molecule has 0 atom stereocenters. The van der Waals surface area contributed by atoms with Gasteiger partial charge in [0.1, 0.15) is 18.3 Å². The van der Waals surface area contributed by atoms with E-state index in [4.69, 9.17) is 9.47 Å². The molecule has 148 valence electrons. The summed E-state index contributed by atoms with van der Waals surface area (Å²) in [4.78, 5) is 0. The Hall–Kier alpha value is -3.05. The molecule has 3 heterocycles. The number of rotatable bonds is 4. The van der Waals surface area contributed by atoms with Crippen LogP contribution in [0, 0.1) is 0 Å². The zero-order chi connectivity index (χ0) is 19.5. The molecule has 0 unspecified atom stereocenters. The van der Waals surface area contributed by atoms with Gasteiger partial charge in [-0.2, -0.15) is 5.10 Å². The number of benzene rings is 1. The van der Waals surface area contributed by atoms with Crippen LogP contribution in [0.5, 0.6) is 0 Å². The normalized spacial score (nSPS) is 20.8. The molecule has 1 aliphatic carbocycles. The molecule has 29 heavy (non-hydrogen) atoms. The molecule has 1 fully saturated rings. The molecule has 2 N–H and O–H groups in total. The van der Waals surface area contributed by atoms with Gasteiger partial charge in [-0.1, -0.05) is 42.5 Å². The van der Waals surface area contributed by atoms with Gasteiger partial charge in [0.25, 0.3) is 0 Å². The van der Waals surface area contributed by atoms with Crippen LogP contribution in [0.3, 0.4) is 0 Å². The molecule has 0 bridgehead atoms. The summed E-state index contributed by atoms with van der Waals surface area (Å²) < 4.78 is 12.3. The minimum absolute atomic E-state index is 0.190. The van der Waals surface area contributed by atoms with Gasteiger partial charge in [0.15, 0.2) is 5.76 Å². The number of aromatic amines is 1. The van der Waals surface area contributed by atoms with Gasteiger partial charge in [-0.05, 0) is 55.5 Å². The lowest BCUT2D eigenvalue weighted by atomic mass is 9.71. The summed E-state index contributed by atoms with van der Waals surface area (Å²) >= 11 is 0. The van der Waals surface area contributed by atoms with Crippen molar-refractivity contribution in [2.75, 3.05) is 13.1 Å². The zero-order valence-corrected chi connectivity index (χ0v) is 16.4. The Balaban J connectivity index is 1.46. The Morgan fingerprint density at radius 3 is 2.59 bits per heavy atom. The monoisotopic (exact) mass is 387 g/mol. The summed E-state index contributed by atoms with van der Waals surface area (Å²) in [5.41, 5.74) is 4.51. The maximum Gasteiger partial charge on any atom is 0.165 e. The Bertz CT molecular complexity index is 976. The van der Waals surface area contributed by atoms with Crippen molar-refractivity contribution in [3.63, 3.8) is 0 Å². The van der Waals surface area contributed by atoms with Crippen LogP contribution in [0.1, 0.15) is 31.2 Å². The van der Waals surface area contributed by atoms with E-state index >= 15 is 0 Å². The highest BCUT2D eigenvalue weighted by atomic mass is 16.5. The second-order valence-electron chi connectivity index (χ2n) is 7.76. The average Bonchev–Trinajstić information content (AvgIpc) is 3.35. The highest BCUT2D eigenvalue weighted by Gasteiger charge is 2.41. The Morgan fingerprint density at radius 1 is 1.00 bits per heavy atom. The molecule has 0 radical (unpaired) electrons. The molecule has 0 spiro atoms. The largest absolute Gasteiger partial charge is 0.465 e. The van der Waals surface area contributed by atoms with Gasteiger partial charge in [-0.25, -0.2) is 0 Å². The Morgan fingerprint density at radius 2 is 1.86 bits per heavy atom. The minimum Gasteiger partial charge on any atom is -0.465 e. The summed E-state index contributed by atoms with van der Waals surface area (Å²) in [6, 6.07) is 8.77. The third-order valence-electron chi connectivity index (χ3n) is 6.10. The van der Waals surface area contributed by atoms with Crippen molar-refractivity contribution in [3.8, 4) is 11.1 Å². The van der Waals surface area contributed by atoms with Gasteiger partial charge in [-0.15, -0.1) is 0 Å². The van der Waals surface area contributed by atoms with Crippen LogP contribution in [-0.4, -0.2) is 23.3 Å². The van der Waals surface area contributed by atoms with Crippen molar-refractivity contribution in [2.45, 2.75) is 31.1 Å². The van der Waals surface area contributed by atoms with Crippen LogP contribution in [0.15, 0.2) is 84.5 Å². The average molecular weight is 387 g/mol. The molecule has 2 aliphatic heterocycles. The van der Waals surface area contributed by atoms with E-state index in [-0.39, 0.29) is 5.41 Å². The number of hydrogen-bond acceptors (Lipinski definition) is 4. The Kier molecular flexibility index (Phi) is 4.82. The van der Waals surface area contributed by atoms with Gasteiger partial charge in [0, 0.05) is 11.8 Å². The third kappa shape index (κ3) is 3.42. The predicted molar refractivity (Wildman–Crippen MR) is 113 cm³/mol. The van der Waals surface area contributed by atoms with Crippen LogP contribution < -0.4 is 5.32 Å². The Labute approximate surface area is 170 Å². The topological polar surface area (TPSA) is 59.2 Å². The summed E-state index contributed by atoms with van der Waals surface area (Å²) in [6.45, 7) is 1.91. The first-order valence-electron chi connectivity index (χ1n) is 10.3. The van der Waals surface area contributed by atoms with Crippen LogP contribution in [0.25, 0.3) is 11.1 Å². The highest BCUT2D eigenvalue weighted by molar-refractivity contribution is 5.62. The molecule has 1 aromatic carbocycles. The van der Waals surface area contributed by atoms with Gasteiger partial charge in [0.05, 0.1) is 11.6 Å². The van der Waals surface area contributed by atoms with Crippen molar-refractivity contribution in [3.05, 3.63) is 90.1 Å². The standard InChI is InChI=1S/C24H25N3O2/c1-2-4-19(5-3-1)22-16-28-17-23(29-22)24(10-12-25-13-11-24)21-8-6-18(7-9-21)20-14-26-27-15-20/h1-2,4,6-9,14-17,25H,3,5,10-13H2,(H,26,27). The first-order valence-corrected chi connectivity index (χ1v) is 10.3. The van der Waals surface area contributed by atoms with Crippen LogP contribution in [0.2, 0.25) is 0 Å². The zero-order valence-electron chi connectivity index (χ0n) is 16.4. The van der Waals surface area contributed by atoms with E-state index in [9.17, 15) is 0 Å². The van der Waals surface area contributed by atoms with Crippen molar-refractivity contribution in [2.24, 2.45) is 0 Å². The molecular weight excluding hydrogens is 362 g/mol. The first kappa shape index (κ1) is 18.0. The summed E-state index contributed by atoms with van der Waals surface area (Å²) in [7, 11) is 0. The minimum atomic E-state index is -0.190. The van der Waals surface area contributed by atoms with Crippen molar-refractivity contribution in [1.82, 2.24) is 15.5 Å². The first-order chi connectivity index (χ1) is 14.4. The number of ether oxygens (including phenoxy) is 2. The van der Waals surface area contributed by atoms with Crippen LogP contribution in [-0.2, 0) is 14.9 Å². The highest BCUT2D eigenvalue weighted by Crippen LogP contribution is 2.44.